The smallest absolute Gasteiger partial charge is 0.225 e. The molecule has 4 heteroatoms. The van der Waals surface area contributed by atoms with Crippen molar-refractivity contribution in [1.29, 1.82) is 0 Å². The molecule has 1 atom stereocenters. The van der Waals surface area contributed by atoms with Gasteiger partial charge in [-0.15, -0.1) is 0 Å². The summed E-state index contributed by atoms with van der Waals surface area (Å²) in [6.45, 7) is 6.38. The first-order valence-corrected chi connectivity index (χ1v) is 7.74. The van der Waals surface area contributed by atoms with Gasteiger partial charge in [-0.3, -0.25) is 4.79 Å². The number of amides is 1. The van der Waals surface area contributed by atoms with Gasteiger partial charge in [-0.2, -0.15) is 0 Å². The fourth-order valence-corrected chi connectivity index (χ4v) is 3.37. The van der Waals surface area contributed by atoms with E-state index in [0.29, 0.717) is 18.6 Å². The van der Waals surface area contributed by atoms with Crippen LogP contribution in [0.15, 0.2) is 0 Å². The molecule has 1 saturated heterocycles. The van der Waals surface area contributed by atoms with Gasteiger partial charge < -0.3 is 15.4 Å². The third-order valence-corrected chi connectivity index (χ3v) is 4.64. The SMILES string of the molecule is CCCC(C)C(=O)N1CCOC2(CCC(N)CC2)C1. The van der Waals surface area contributed by atoms with Crippen molar-refractivity contribution in [3.63, 3.8) is 0 Å². The van der Waals surface area contributed by atoms with Crippen molar-refractivity contribution in [3.8, 4) is 0 Å². The molecule has 1 heterocycles. The number of morpholine rings is 1. The van der Waals surface area contributed by atoms with Gasteiger partial charge in [0.25, 0.3) is 0 Å². The predicted molar refractivity (Wildman–Crippen MR) is 75.8 cm³/mol. The third kappa shape index (κ3) is 3.48. The molecule has 2 fully saturated rings. The van der Waals surface area contributed by atoms with E-state index in [9.17, 15) is 4.79 Å². The summed E-state index contributed by atoms with van der Waals surface area (Å²) in [6.07, 6.45) is 6.09. The van der Waals surface area contributed by atoms with Crippen LogP contribution < -0.4 is 5.73 Å². The Hall–Kier alpha value is -0.610. The monoisotopic (exact) mass is 268 g/mol. The highest BCUT2D eigenvalue weighted by Gasteiger charge is 2.41. The topological polar surface area (TPSA) is 55.6 Å². The molecule has 0 aromatic carbocycles. The minimum Gasteiger partial charge on any atom is -0.371 e. The Bertz CT molecular complexity index is 311. The molecule has 1 saturated carbocycles. The number of hydrogen-bond acceptors (Lipinski definition) is 3. The van der Waals surface area contributed by atoms with Gasteiger partial charge in [0.2, 0.25) is 5.91 Å². The lowest BCUT2D eigenvalue weighted by Gasteiger charge is -2.46. The largest absolute Gasteiger partial charge is 0.371 e. The third-order valence-electron chi connectivity index (χ3n) is 4.64. The molecule has 110 valence electrons. The second-order valence-corrected chi connectivity index (χ2v) is 6.32. The highest BCUT2D eigenvalue weighted by atomic mass is 16.5. The molecule has 0 aromatic rings. The van der Waals surface area contributed by atoms with Crippen LogP contribution in [0.1, 0.15) is 52.4 Å². The van der Waals surface area contributed by atoms with Crippen molar-refractivity contribution in [2.45, 2.75) is 64.0 Å². The Morgan fingerprint density at radius 3 is 2.79 bits per heavy atom. The van der Waals surface area contributed by atoms with Gasteiger partial charge >= 0.3 is 0 Å². The average molecular weight is 268 g/mol. The van der Waals surface area contributed by atoms with Crippen molar-refractivity contribution in [1.82, 2.24) is 4.90 Å². The van der Waals surface area contributed by atoms with Crippen LogP contribution in [-0.2, 0) is 9.53 Å². The minimum atomic E-state index is -0.101. The maximum atomic E-state index is 12.4. The summed E-state index contributed by atoms with van der Waals surface area (Å²) in [5.74, 6) is 0.449. The summed E-state index contributed by atoms with van der Waals surface area (Å²) in [5.41, 5.74) is 5.87. The number of nitrogens with zero attached hydrogens (tertiary/aromatic N) is 1. The first-order valence-electron chi connectivity index (χ1n) is 7.74. The molecule has 2 rings (SSSR count). The molecule has 1 unspecified atom stereocenters. The molecule has 1 spiro atoms. The Morgan fingerprint density at radius 1 is 1.47 bits per heavy atom. The van der Waals surface area contributed by atoms with Crippen LogP contribution >= 0.6 is 0 Å². The van der Waals surface area contributed by atoms with Crippen LogP contribution in [0.2, 0.25) is 0 Å². The molecule has 2 aliphatic rings. The summed E-state index contributed by atoms with van der Waals surface area (Å²) in [4.78, 5) is 14.5. The summed E-state index contributed by atoms with van der Waals surface area (Å²) in [6, 6.07) is 0.319. The van der Waals surface area contributed by atoms with E-state index in [2.05, 4.69) is 6.92 Å². The van der Waals surface area contributed by atoms with Gasteiger partial charge in [0.1, 0.15) is 0 Å². The molecule has 19 heavy (non-hydrogen) atoms. The van der Waals surface area contributed by atoms with Gasteiger partial charge in [0.05, 0.1) is 12.2 Å². The van der Waals surface area contributed by atoms with E-state index in [0.717, 1.165) is 51.6 Å². The van der Waals surface area contributed by atoms with Gasteiger partial charge in [-0.1, -0.05) is 20.3 Å². The summed E-state index contributed by atoms with van der Waals surface area (Å²) < 4.78 is 6.03. The lowest BCUT2D eigenvalue weighted by Crippen LogP contribution is -2.56. The molecule has 1 aliphatic heterocycles. The lowest BCUT2D eigenvalue weighted by molar-refractivity contribution is -0.160. The van der Waals surface area contributed by atoms with Crippen LogP contribution in [0.3, 0.4) is 0 Å². The van der Waals surface area contributed by atoms with Crippen molar-refractivity contribution < 1.29 is 9.53 Å². The molecule has 0 bridgehead atoms. The first kappa shape index (κ1) is 14.8. The Kier molecular flexibility index (Phi) is 4.85. The van der Waals surface area contributed by atoms with Crippen LogP contribution in [0.5, 0.6) is 0 Å². The number of hydrogen-bond donors (Lipinski definition) is 1. The van der Waals surface area contributed by atoms with Crippen molar-refractivity contribution in [3.05, 3.63) is 0 Å². The number of carbonyl (C=O) groups excluding carboxylic acids is 1. The zero-order valence-electron chi connectivity index (χ0n) is 12.4. The minimum absolute atomic E-state index is 0.101. The zero-order chi connectivity index (χ0) is 13.9. The van der Waals surface area contributed by atoms with Gasteiger partial charge in [0.15, 0.2) is 0 Å². The van der Waals surface area contributed by atoms with E-state index in [4.69, 9.17) is 10.5 Å². The van der Waals surface area contributed by atoms with Crippen molar-refractivity contribution >= 4 is 5.91 Å². The van der Waals surface area contributed by atoms with Gasteiger partial charge in [0, 0.05) is 25.0 Å². The fourth-order valence-electron chi connectivity index (χ4n) is 3.37. The Balaban J connectivity index is 1.95. The van der Waals surface area contributed by atoms with Crippen LogP contribution in [0.4, 0.5) is 0 Å². The Labute approximate surface area is 116 Å². The summed E-state index contributed by atoms with van der Waals surface area (Å²) >= 11 is 0. The van der Waals surface area contributed by atoms with Crippen LogP contribution in [0.25, 0.3) is 0 Å². The molecule has 0 radical (unpaired) electrons. The number of ether oxygens (including phenoxy) is 1. The molecule has 0 aromatic heterocycles. The number of carbonyl (C=O) groups is 1. The average Bonchev–Trinajstić information content (AvgIpc) is 2.42. The standard InChI is InChI=1S/C15H28N2O2/c1-3-4-12(2)14(18)17-9-10-19-15(11-17)7-5-13(16)6-8-15/h12-13H,3-11,16H2,1-2H3. The van der Waals surface area contributed by atoms with Gasteiger partial charge in [-0.25, -0.2) is 0 Å². The van der Waals surface area contributed by atoms with E-state index < -0.39 is 0 Å². The second-order valence-electron chi connectivity index (χ2n) is 6.32. The summed E-state index contributed by atoms with van der Waals surface area (Å²) in [5, 5.41) is 0. The lowest BCUT2D eigenvalue weighted by atomic mass is 9.81. The second kappa shape index (κ2) is 6.23. The predicted octanol–water partition coefficient (Wildman–Crippen LogP) is 1.92. The fraction of sp³-hybridized carbons (Fsp3) is 0.933. The molecular formula is C15H28N2O2. The van der Waals surface area contributed by atoms with E-state index >= 15 is 0 Å². The quantitative estimate of drug-likeness (QED) is 0.851. The summed E-state index contributed by atoms with van der Waals surface area (Å²) in [7, 11) is 0. The van der Waals surface area contributed by atoms with E-state index in [1.807, 2.05) is 11.8 Å². The van der Waals surface area contributed by atoms with E-state index in [1.54, 1.807) is 0 Å². The maximum Gasteiger partial charge on any atom is 0.225 e. The first-order chi connectivity index (χ1) is 9.06. The highest BCUT2D eigenvalue weighted by Crippen LogP contribution is 2.34. The van der Waals surface area contributed by atoms with E-state index in [1.165, 1.54) is 0 Å². The Morgan fingerprint density at radius 2 is 2.16 bits per heavy atom. The molecule has 2 N–H and O–H groups in total. The maximum absolute atomic E-state index is 12.4. The van der Waals surface area contributed by atoms with E-state index in [-0.39, 0.29) is 11.5 Å². The number of nitrogens with two attached hydrogens (primary N) is 1. The molecule has 1 aliphatic carbocycles. The van der Waals surface area contributed by atoms with Crippen molar-refractivity contribution in [2.75, 3.05) is 19.7 Å². The normalized spacial score (nSPS) is 33.4. The molecule has 4 nitrogen and oxygen atoms in total. The molecular weight excluding hydrogens is 240 g/mol. The highest BCUT2D eigenvalue weighted by molar-refractivity contribution is 5.78. The van der Waals surface area contributed by atoms with Crippen molar-refractivity contribution in [2.24, 2.45) is 11.7 Å². The molecule has 1 amide bonds. The zero-order valence-corrected chi connectivity index (χ0v) is 12.4. The van der Waals surface area contributed by atoms with Gasteiger partial charge in [-0.05, 0) is 32.1 Å². The number of rotatable bonds is 3. The van der Waals surface area contributed by atoms with Crippen LogP contribution in [0, 0.1) is 5.92 Å². The van der Waals surface area contributed by atoms with Crippen LogP contribution in [-0.4, -0.2) is 42.1 Å².